The average Bonchev–Trinajstić information content (AvgIpc) is 2.75. The van der Waals surface area contributed by atoms with Crippen LogP contribution in [0.1, 0.15) is 15.9 Å². The van der Waals surface area contributed by atoms with Gasteiger partial charge in [-0.2, -0.15) is 11.8 Å². The lowest BCUT2D eigenvalue weighted by molar-refractivity contribution is -0.385. The highest BCUT2D eigenvalue weighted by Crippen LogP contribution is 2.26. The van der Waals surface area contributed by atoms with Gasteiger partial charge in [0.2, 0.25) is 5.91 Å². The van der Waals surface area contributed by atoms with Crippen molar-refractivity contribution < 1.29 is 14.5 Å². The summed E-state index contributed by atoms with van der Waals surface area (Å²) in [4.78, 5) is 38.3. The molecule has 7 nitrogen and oxygen atoms in total. The Balaban J connectivity index is 1.67. The van der Waals surface area contributed by atoms with E-state index in [1.165, 1.54) is 23.9 Å². The summed E-state index contributed by atoms with van der Waals surface area (Å²) in [5.41, 5.74) is 1.16. The van der Waals surface area contributed by atoms with Gasteiger partial charge in [0.15, 0.2) is 0 Å². The van der Waals surface area contributed by atoms with Crippen LogP contribution in [0.25, 0.3) is 0 Å². The molecule has 2 aromatic rings. The van der Waals surface area contributed by atoms with Gasteiger partial charge in [-0.3, -0.25) is 19.7 Å². The predicted molar refractivity (Wildman–Crippen MR) is 117 cm³/mol. The highest BCUT2D eigenvalue weighted by atomic mass is 32.2. The molecule has 152 valence electrons. The summed E-state index contributed by atoms with van der Waals surface area (Å²) in [6.07, 6.45) is 2.16. The zero-order valence-electron chi connectivity index (χ0n) is 15.9. The van der Waals surface area contributed by atoms with Crippen molar-refractivity contribution in [1.29, 1.82) is 0 Å². The largest absolute Gasteiger partial charge is 0.341 e. The van der Waals surface area contributed by atoms with Gasteiger partial charge in [0.25, 0.3) is 11.6 Å². The van der Waals surface area contributed by atoms with Crippen LogP contribution < -0.4 is 5.32 Å². The zero-order valence-corrected chi connectivity index (χ0v) is 17.6. The summed E-state index contributed by atoms with van der Waals surface area (Å²) in [5, 5.41) is 13.9. The molecule has 1 aliphatic heterocycles. The SMILES string of the molecule is CSc1ccc([N+](=O)[O-])c(C(=O)Nc2ccc(CC(=O)N3CCSCC3)cc2)c1. The maximum absolute atomic E-state index is 12.6. The molecule has 9 heteroatoms. The van der Waals surface area contributed by atoms with Crippen LogP contribution in [0.3, 0.4) is 0 Å². The number of thioether (sulfide) groups is 2. The topological polar surface area (TPSA) is 92.5 Å². The Morgan fingerprint density at radius 2 is 1.86 bits per heavy atom. The predicted octanol–water partition coefficient (Wildman–Crippen LogP) is 3.69. The molecule has 2 amide bonds. The molecule has 0 radical (unpaired) electrons. The summed E-state index contributed by atoms with van der Waals surface area (Å²) in [5.74, 6) is 1.51. The fourth-order valence-corrected chi connectivity index (χ4v) is 4.33. The van der Waals surface area contributed by atoms with E-state index in [9.17, 15) is 19.7 Å². The Labute approximate surface area is 177 Å². The van der Waals surface area contributed by atoms with Gasteiger partial charge in [0, 0.05) is 41.2 Å². The molecule has 29 heavy (non-hydrogen) atoms. The molecular weight excluding hydrogens is 410 g/mol. The second kappa shape index (κ2) is 9.80. The van der Waals surface area contributed by atoms with Crippen LogP contribution in [0.2, 0.25) is 0 Å². The molecule has 0 aromatic heterocycles. The first-order valence-electron chi connectivity index (χ1n) is 9.06. The van der Waals surface area contributed by atoms with E-state index in [-0.39, 0.29) is 17.2 Å². The molecule has 0 unspecified atom stereocenters. The van der Waals surface area contributed by atoms with Crippen LogP contribution in [0.5, 0.6) is 0 Å². The van der Waals surface area contributed by atoms with Crippen molar-refractivity contribution >= 4 is 46.7 Å². The molecule has 2 aromatic carbocycles. The molecule has 1 aliphatic rings. The van der Waals surface area contributed by atoms with Gasteiger partial charge in [-0.1, -0.05) is 12.1 Å². The van der Waals surface area contributed by atoms with Gasteiger partial charge in [-0.05, 0) is 36.1 Å². The quantitative estimate of drug-likeness (QED) is 0.426. The molecular formula is C20H21N3O4S2. The highest BCUT2D eigenvalue weighted by molar-refractivity contribution is 7.99. The molecule has 0 saturated carbocycles. The molecule has 0 spiro atoms. The first kappa shape index (κ1) is 21.2. The lowest BCUT2D eigenvalue weighted by Gasteiger charge is -2.26. The average molecular weight is 432 g/mol. The van der Waals surface area contributed by atoms with Crippen LogP contribution in [0.4, 0.5) is 11.4 Å². The van der Waals surface area contributed by atoms with Crippen molar-refractivity contribution in [3.63, 3.8) is 0 Å². The van der Waals surface area contributed by atoms with E-state index in [2.05, 4.69) is 5.32 Å². The molecule has 0 atom stereocenters. The van der Waals surface area contributed by atoms with Crippen molar-refractivity contribution in [2.75, 3.05) is 36.2 Å². The number of benzene rings is 2. The van der Waals surface area contributed by atoms with E-state index < -0.39 is 10.8 Å². The first-order chi connectivity index (χ1) is 14.0. The maximum Gasteiger partial charge on any atom is 0.282 e. The summed E-state index contributed by atoms with van der Waals surface area (Å²) < 4.78 is 0. The minimum Gasteiger partial charge on any atom is -0.341 e. The van der Waals surface area contributed by atoms with E-state index in [4.69, 9.17) is 0 Å². The van der Waals surface area contributed by atoms with Crippen molar-refractivity contribution in [3.05, 3.63) is 63.7 Å². The Bertz CT molecular complexity index is 912. The van der Waals surface area contributed by atoms with Crippen LogP contribution in [-0.2, 0) is 11.2 Å². The van der Waals surface area contributed by atoms with Gasteiger partial charge < -0.3 is 10.2 Å². The van der Waals surface area contributed by atoms with E-state index in [0.717, 1.165) is 35.1 Å². The zero-order chi connectivity index (χ0) is 20.8. The monoisotopic (exact) mass is 431 g/mol. The van der Waals surface area contributed by atoms with Crippen molar-refractivity contribution in [3.8, 4) is 0 Å². The molecule has 1 heterocycles. The molecule has 0 aliphatic carbocycles. The van der Waals surface area contributed by atoms with Gasteiger partial charge in [-0.15, -0.1) is 11.8 Å². The van der Waals surface area contributed by atoms with E-state index in [1.54, 1.807) is 30.3 Å². The van der Waals surface area contributed by atoms with Crippen molar-refractivity contribution in [1.82, 2.24) is 4.90 Å². The smallest absolute Gasteiger partial charge is 0.282 e. The third-order valence-corrected chi connectivity index (χ3v) is 6.24. The number of anilines is 1. The maximum atomic E-state index is 12.6. The minimum absolute atomic E-state index is 0.0177. The number of carbonyl (C=O) groups excluding carboxylic acids is 2. The van der Waals surface area contributed by atoms with Crippen LogP contribution in [0, 0.1) is 10.1 Å². The van der Waals surface area contributed by atoms with Crippen LogP contribution in [0.15, 0.2) is 47.4 Å². The summed E-state index contributed by atoms with van der Waals surface area (Å²) in [7, 11) is 0. The lowest BCUT2D eigenvalue weighted by atomic mass is 10.1. The Hall–Kier alpha value is -2.52. The number of nitro benzene ring substituents is 1. The number of nitrogens with one attached hydrogen (secondary N) is 1. The fourth-order valence-electron chi connectivity index (χ4n) is 2.99. The molecule has 0 bridgehead atoms. The third-order valence-electron chi connectivity index (χ3n) is 4.58. The van der Waals surface area contributed by atoms with Crippen LogP contribution >= 0.6 is 23.5 Å². The number of nitrogens with zero attached hydrogens (tertiary/aromatic N) is 2. The van der Waals surface area contributed by atoms with Gasteiger partial charge >= 0.3 is 0 Å². The number of hydrogen-bond donors (Lipinski definition) is 1. The van der Waals surface area contributed by atoms with Crippen molar-refractivity contribution in [2.24, 2.45) is 0 Å². The lowest BCUT2D eigenvalue weighted by Crippen LogP contribution is -2.38. The number of amides is 2. The van der Waals surface area contributed by atoms with E-state index in [0.29, 0.717) is 12.1 Å². The molecule has 1 saturated heterocycles. The van der Waals surface area contributed by atoms with Crippen molar-refractivity contribution in [2.45, 2.75) is 11.3 Å². The number of rotatable bonds is 6. The summed E-state index contributed by atoms with van der Waals surface area (Å²) in [6, 6.07) is 11.5. The second-order valence-corrected chi connectivity index (χ2v) is 8.57. The number of hydrogen-bond acceptors (Lipinski definition) is 6. The van der Waals surface area contributed by atoms with Gasteiger partial charge in [-0.25, -0.2) is 0 Å². The summed E-state index contributed by atoms with van der Waals surface area (Å²) in [6.45, 7) is 1.57. The Morgan fingerprint density at radius 1 is 1.17 bits per heavy atom. The highest BCUT2D eigenvalue weighted by Gasteiger charge is 2.21. The number of nitro groups is 1. The second-order valence-electron chi connectivity index (χ2n) is 6.46. The minimum atomic E-state index is -0.563. The molecule has 3 rings (SSSR count). The first-order valence-corrected chi connectivity index (χ1v) is 11.4. The van der Waals surface area contributed by atoms with E-state index in [1.807, 2.05) is 22.9 Å². The standard InChI is InChI=1S/C20H21N3O4S2/c1-28-16-6-7-18(23(26)27)17(13-16)20(25)21-15-4-2-14(3-5-15)12-19(24)22-8-10-29-11-9-22/h2-7,13H,8-12H2,1H3,(H,21,25). The van der Waals surface area contributed by atoms with E-state index >= 15 is 0 Å². The number of carbonyl (C=O) groups is 2. The van der Waals surface area contributed by atoms with Crippen LogP contribution in [-0.4, -0.2) is 52.5 Å². The van der Waals surface area contributed by atoms with Gasteiger partial charge in [0.1, 0.15) is 5.56 Å². The summed E-state index contributed by atoms with van der Waals surface area (Å²) >= 11 is 3.26. The Kier molecular flexibility index (Phi) is 7.16. The third kappa shape index (κ3) is 5.51. The molecule has 1 fully saturated rings. The molecule has 1 N–H and O–H groups in total. The normalized spacial score (nSPS) is 13.8. The fraction of sp³-hybridized carbons (Fsp3) is 0.300. The Morgan fingerprint density at radius 3 is 2.48 bits per heavy atom. The van der Waals surface area contributed by atoms with Gasteiger partial charge in [0.05, 0.1) is 11.3 Å².